The van der Waals surface area contributed by atoms with E-state index in [1.165, 1.54) is 12.8 Å². The molecule has 3 heterocycles. The predicted octanol–water partition coefficient (Wildman–Crippen LogP) is 2.63. The third-order valence-corrected chi connectivity index (χ3v) is 4.54. The first kappa shape index (κ1) is 14.8. The highest BCUT2D eigenvalue weighted by atomic mass is 16.1. The summed E-state index contributed by atoms with van der Waals surface area (Å²) in [5.41, 5.74) is 2.04. The highest BCUT2D eigenvalue weighted by Crippen LogP contribution is 2.32. The van der Waals surface area contributed by atoms with Crippen LogP contribution in [0.2, 0.25) is 0 Å². The summed E-state index contributed by atoms with van der Waals surface area (Å²) >= 11 is 0. The van der Waals surface area contributed by atoms with E-state index in [9.17, 15) is 4.79 Å². The summed E-state index contributed by atoms with van der Waals surface area (Å²) in [6, 6.07) is 5.77. The Bertz CT molecular complexity index is 898. The van der Waals surface area contributed by atoms with E-state index in [0.29, 0.717) is 23.0 Å². The van der Waals surface area contributed by atoms with Gasteiger partial charge in [0.05, 0.1) is 5.56 Å². The zero-order chi connectivity index (χ0) is 16.7. The average molecular weight is 321 g/mol. The van der Waals surface area contributed by atoms with Crippen LogP contribution in [0.15, 0.2) is 36.8 Å². The fraction of sp³-hybridized carbons (Fsp3) is 0.333. The standard InChI is InChI=1S/C18H19N5O/c1-11(13-5-6-13)20-18(24)15-7-9-23-12(2)21-16(22-17(15)23)14-4-3-8-19-10-14/h3-4,7-11,13H,5-6H2,1-2H3,(H,20,24). The van der Waals surface area contributed by atoms with Crippen LogP contribution in [0.3, 0.4) is 0 Å². The molecular weight excluding hydrogens is 302 g/mol. The quantitative estimate of drug-likeness (QED) is 0.802. The van der Waals surface area contributed by atoms with Crippen LogP contribution in [0.25, 0.3) is 17.0 Å². The largest absolute Gasteiger partial charge is 0.349 e. The summed E-state index contributed by atoms with van der Waals surface area (Å²) < 4.78 is 1.84. The number of carbonyl (C=O) groups is 1. The normalized spacial score (nSPS) is 15.4. The van der Waals surface area contributed by atoms with Crippen LogP contribution in [0, 0.1) is 12.8 Å². The summed E-state index contributed by atoms with van der Waals surface area (Å²) in [6.45, 7) is 3.97. The zero-order valence-electron chi connectivity index (χ0n) is 13.7. The van der Waals surface area contributed by atoms with Gasteiger partial charge in [-0.25, -0.2) is 9.97 Å². The number of hydrogen-bond donors (Lipinski definition) is 1. The Morgan fingerprint density at radius 2 is 2.17 bits per heavy atom. The highest BCUT2D eigenvalue weighted by Gasteiger charge is 2.29. The summed E-state index contributed by atoms with van der Waals surface area (Å²) in [6.07, 6.45) is 7.68. The van der Waals surface area contributed by atoms with Crippen LogP contribution in [0.4, 0.5) is 0 Å². The lowest BCUT2D eigenvalue weighted by Crippen LogP contribution is -2.34. The molecule has 0 bridgehead atoms. The number of aromatic nitrogens is 4. The van der Waals surface area contributed by atoms with Gasteiger partial charge in [-0.3, -0.25) is 14.2 Å². The van der Waals surface area contributed by atoms with Crippen molar-refractivity contribution in [1.82, 2.24) is 24.7 Å². The molecule has 0 spiro atoms. The van der Waals surface area contributed by atoms with Crippen LogP contribution in [-0.2, 0) is 0 Å². The molecule has 1 N–H and O–H groups in total. The van der Waals surface area contributed by atoms with Crippen LogP contribution in [-0.4, -0.2) is 31.3 Å². The van der Waals surface area contributed by atoms with Gasteiger partial charge in [-0.2, -0.15) is 0 Å². The second kappa shape index (κ2) is 5.70. The van der Waals surface area contributed by atoms with Gasteiger partial charge in [0.2, 0.25) is 0 Å². The smallest absolute Gasteiger partial charge is 0.255 e. The molecule has 4 rings (SSSR count). The fourth-order valence-electron chi connectivity index (χ4n) is 2.93. The van der Waals surface area contributed by atoms with Gasteiger partial charge in [-0.1, -0.05) is 0 Å². The van der Waals surface area contributed by atoms with E-state index in [2.05, 4.69) is 27.2 Å². The molecule has 0 aromatic carbocycles. The average Bonchev–Trinajstić information content (AvgIpc) is 3.35. The van der Waals surface area contributed by atoms with Gasteiger partial charge >= 0.3 is 0 Å². The van der Waals surface area contributed by atoms with Crippen molar-refractivity contribution in [3.8, 4) is 11.4 Å². The lowest BCUT2D eigenvalue weighted by Gasteiger charge is -2.12. The minimum Gasteiger partial charge on any atom is -0.349 e. The molecule has 1 aliphatic carbocycles. The molecular formula is C18H19N5O. The van der Waals surface area contributed by atoms with Gasteiger partial charge in [0.25, 0.3) is 5.91 Å². The van der Waals surface area contributed by atoms with E-state index in [1.807, 2.05) is 29.7 Å². The predicted molar refractivity (Wildman–Crippen MR) is 90.6 cm³/mol. The van der Waals surface area contributed by atoms with Crippen molar-refractivity contribution in [2.45, 2.75) is 32.7 Å². The first-order valence-electron chi connectivity index (χ1n) is 8.20. The molecule has 3 aromatic heterocycles. The van der Waals surface area contributed by atoms with E-state index in [0.717, 1.165) is 11.4 Å². The molecule has 1 unspecified atom stereocenters. The van der Waals surface area contributed by atoms with Crippen molar-refractivity contribution in [2.75, 3.05) is 0 Å². The molecule has 1 amide bonds. The maximum Gasteiger partial charge on any atom is 0.255 e. The van der Waals surface area contributed by atoms with Crippen molar-refractivity contribution in [3.05, 3.63) is 48.2 Å². The molecule has 6 heteroatoms. The molecule has 0 saturated heterocycles. The Labute approximate surface area is 140 Å². The number of carbonyl (C=O) groups excluding carboxylic acids is 1. The van der Waals surface area contributed by atoms with Crippen molar-refractivity contribution >= 4 is 11.6 Å². The van der Waals surface area contributed by atoms with Gasteiger partial charge in [-0.15, -0.1) is 0 Å². The van der Waals surface area contributed by atoms with Gasteiger partial charge < -0.3 is 5.32 Å². The van der Waals surface area contributed by atoms with Crippen LogP contribution < -0.4 is 5.32 Å². The Morgan fingerprint density at radius 3 is 2.88 bits per heavy atom. The van der Waals surface area contributed by atoms with E-state index in [4.69, 9.17) is 0 Å². The third kappa shape index (κ3) is 2.64. The lowest BCUT2D eigenvalue weighted by atomic mass is 10.2. The first-order valence-corrected chi connectivity index (χ1v) is 8.20. The van der Waals surface area contributed by atoms with E-state index in [-0.39, 0.29) is 11.9 Å². The molecule has 122 valence electrons. The number of pyridine rings is 1. The lowest BCUT2D eigenvalue weighted by molar-refractivity contribution is 0.0937. The molecule has 0 aliphatic heterocycles. The molecule has 3 aromatic rings. The minimum atomic E-state index is -0.0767. The van der Waals surface area contributed by atoms with Crippen molar-refractivity contribution < 1.29 is 4.79 Å². The van der Waals surface area contributed by atoms with Gasteiger partial charge in [0.15, 0.2) is 11.5 Å². The van der Waals surface area contributed by atoms with Crippen molar-refractivity contribution in [2.24, 2.45) is 5.92 Å². The van der Waals surface area contributed by atoms with Crippen LogP contribution in [0.1, 0.15) is 35.9 Å². The van der Waals surface area contributed by atoms with Gasteiger partial charge in [0, 0.05) is 30.2 Å². The molecule has 1 fully saturated rings. The highest BCUT2D eigenvalue weighted by molar-refractivity contribution is 6.00. The second-order valence-electron chi connectivity index (χ2n) is 6.36. The van der Waals surface area contributed by atoms with Crippen molar-refractivity contribution in [1.29, 1.82) is 0 Å². The molecule has 6 nitrogen and oxygen atoms in total. The van der Waals surface area contributed by atoms with Crippen molar-refractivity contribution in [3.63, 3.8) is 0 Å². The third-order valence-electron chi connectivity index (χ3n) is 4.54. The van der Waals surface area contributed by atoms with Gasteiger partial charge in [0.1, 0.15) is 5.82 Å². The Morgan fingerprint density at radius 1 is 1.33 bits per heavy atom. The van der Waals surface area contributed by atoms with Crippen LogP contribution in [0.5, 0.6) is 0 Å². The first-order chi connectivity index (χ1) is 11.6. The number of hydrogen-bond acceptors (Lipinski definition) is 4. The maximum atomic E-state index is 12.6. The number of nitrogens with one attached hydrogen (secondary N) is 1. The monoisotopic (exact) mass is 321 g/mol. The van der Waals surface area contributed by atoms with E-state index < -0.39 is 0 Å². The summed E-state index contributed by atoms with van der Waals surface area (Å²) in [4.78, 5) is 25.9. The summed E-state index contributed by atoms with van der Waals surface area (Å²) in [5.74, 6) is 1.90. The fourth-order valence-corrected chi connectivity index (χ4v) is 2.93. The molecule has 1 atom stereocenters. The van der Waals surface area contributed by atoms with E-state index in [1.54, 1.807) is 18.5 Å². The second-order valence-corrected chi connectivity index (χ2v) is 6.36. The minimum absolute atomic E-state index is 0.0767. The van der Waals surface area contributed by atoms with E-state index >= 15 is 0 Å². The topological polar surface area (TPSA) is 72.2 Å². The Kier molecular flexibility index (Phi) is 3.52. The van der Waals surface area contributed by atoms with Crippen LogP contribution >= 0.6 is 0 Å². The molecule has 24 heavy (non-hydrogen) atoms. The number of nitrogens with zero attached hydrogens (tertiary/aromatic N) is 4. The SMILES string of the molecule is Cc1nc(-c2cccnc2)nc2c(C(=O)NC(C)C3CC3)ccn12. The zero-order valence-corrected chi connectivity index (χ0v) is 13.7. The Hall–Kier alpha value is -2.76. The number of aryl methyl sites for hydroxylation is 1. The van der Waals surface area contributed by atoms with Gasteiger partial charge in [-0.05, 0) is 50.8 Å². The molecule has 1 saturated carbocycles. The molecule has 1 aliphatic rings. The number of amides is 1. The summed E-state index contributed by atoms with van der Waals surface area (Å²) in [5, 5.41) is 3.09. The Balaban J connectivity index is 1.74. The maximum absolute atomic E-state index is 12.6. The number of rotatable bonds is 4. The number of fused-ring (bicyclic) bond motifs is 1. The summed E-state index contributed by atoms with van der Waals surface area (Å²) in [7, 11) is 0. The molecule has 0 radical (unpaired) electrons.